The third kappa shape index (κ3) is 3.97. The first-order valence-corrected chi connectivity index (χ1v) is 12.7. The van der Waals surface area contributed by atoms with E-state index >= 15 is 0 Å². The molecule has 0 spiro atoms. The smallest absolute Gasteiger partial charge is 0.251 e. The van der Waals surface area contributed by atoms with Gasteiger partial charge in [-0.05, 0) is 57.4 Å². The fraction of sp³-hybridized carbons (Fsp3) is 0.519. The summed E-state index contributed by atoms with van der Waals surface area (Å²) in [6, 6.07) is 9.49. The van der Waals surface area contributed by atoms with Gasteiger partial charge in [0.15, 0.2) is 17.5 Å². The highest BCUT2D eigenvalue weighted by Gasteiger charge is 2.57. The van der Waals surface area contributed by atoms with Gasteiger partial charge in [-0.2, -0.15) is 0 Å². The third-order valence-electron chi connectivity index (χ3n) is 8.09. The Morgan fingerprint density at radius 3 is 2.44 bits per heavy atom. The molecule has 2 aliphatic heterocycles. The van der Waals surface area contributed by atoms with Gasteiger partial charge in [0.25, 0.3) is 5.92 Å². The molecule has 3 aliphatic rings. The summed E-state index contributed by atoms with van der Waals surface area (Å²) in [7, 11) is 0. The number of aryl methyl sites for hydroxylation is 2. The van der Waals surface area contributed by atoms with Crippen LogP contribution in [-0.2, 0) is 13.1 Å². The molecule has 0 N–H and O–H groups in total. The molecule has 6 nitrogen and oxygen atoms in total. The van der Waals surface area contributed by atoms with Gasteiger partial charge in [-0.3, -0.25) is 9.47 Å². The maximum absolute atomic E-state index is 14.4. The Hall–Kier alpha value is -2.94. The number of hydrogen-bond donors (Lipinski definition) is 0. The third-order valence-corrected chi connectivity index (χ3v) is 8.09. The van der Waals surface area contributed by atoms with Crippen molar-refractivity contribution in [3.05, 3.63) is 64.6 Å². The zero-order valence-corrected chi connectivity index (χ0v) is 20.9. The van der Waals surface area contributed by atoms with Crippen LogP contribution in [0.4, 0.5) is 19.0 Å². The van der Waals surface area contributed by atoms with Crippen LogP contribution in [0.2, 0.25) is 0 Å². The second-order valence-electron chi connectivity index (χ2n) is 11.0. The topological polar surface area (TPSA) is 50.1 Å². The predicted octanol–water partition coefficient (Wildman–Crippen LogP) is 5.31. The van der Waals surface area contributed by atoms with Crippen molar-refractivity contribution in [1.29, 1.82) is 0 Å². The van der Waals surface area contributed by atoms with E-state index in [2.05, 4.69) is 49.8 Å². The summed E-state index contributed by atoms with van der Waals surface area (Å²) in [4.78, 5) is 8.58. The Balaban J connectivity index is 1.31. The normalized spacial score (nSPS) is 21.4. The van der Waals surface area contributed by atoms with E-state index in [1.807, 2.05) is 18.7 Å². The molecule has 0 bridgehead atoms. The van der Waals surface area contributed by atoms with E-state index < -0.39 is 11.5 Å². The lowest BCUT2D eigenvalue weighted by atomic mass is 9.73. The molecule has 9 heteroatoms. The van der Waals surface area contributed by atoms with Gasteiger partial charge in [-0.25, -0.2) is 18.2 Å². The molecular formula is C27H31F3N6. The minimum absolute atomic E-state index is 0.135. The number of nitrogens with zero attached hydrogens (tertiary/aromatic N) is 6. The lowest BCUT2D eigenvalue weighted by molar-refractivity contribution is -0.173. The predicted molar refractivity (Wildman–Crippen MR) is 131 cm³/mol. The van der Waals surface area contributed by atoms with Crippen molar-refractivity contribution in [3.8, 4) is 5.69 Å². The number of halogens is 3. The molecule has 2 aromatic heterocycles. The van der Waals surface area contributed by atoms with Gasteiger partial charge in [-0.1, -0.05) is 17.7 Å². The van der Waals surface area contributed by atoms with Gasteiger partial charge in [0.05, 0.1) is 12.2 Å². The summed E-state index contributed by atoms with van der Waals surface area (Å²) < 4.78 is 44.4. The number of benzene rings is 1. The van der Waals surface area contributed by atoms with Crippen molar-refractivity contribution in [2.45, 2.75) is 76.9 Å². The summed E-state index contributed by atoms with van der Waals surface area (Å²) in [6.07, 6.45) is 1.35. The van der Waals surface area contributed by atoms with Gasteiger partial charge in [-0.15, -0.1) is 10.2 Å². The van der Waals surface area contributed by atoms with Gasteiger partial charge in [0.1, 0.15) is 5.82 Å². The van der Waals surface area contributed by atoms with E-state index in [-0.39, 0.29) is 24.6 Å². The van der Waals surface area contributed by atoms with Crippen molar-refractivity contribution in [3.63, 3.8) is 0 Å². The molecule has 1 aromatic carbocycles. The van der Waals surface area contributed by atoms with Crippen LogP contribution in [0.1, 0.15) is 67.0 Å². The van der Waals surface area contributed by atoms with Crippen molar-refractivity contribution < 1.29 is 13.2 Å². The standard InChI is InChI=1S/C27H31F3N6/c1-17-4-7-22-20(12-17)13-35(26(3)15-27(29,30)16-26)14-23-32-33-24(36(22)23)19-8-10-34(11-9-19)25-21(28)6-5-18(2)31-25/h4-7,12,19H,8-11,13-16H2,1-3H3. The molecule has 6 rings (SSSR count). The fourth-order valence-corrected chi connectivity index (χ4v) is 6.22. The first kappa shape index (κ1) is 23.5. The SMILES string of the molecule is Cc1ccc2c(c1)CN(C1(C)CC(F)(F)C1)Cc1nnc(C3CCN(c4nc(C)ccc4F)CC3)n1-2. The number of alkyl halides is 2. The molecule has 3 aromatic rings. The Morgan fingerprint density at radius 1 is 0.972 bits per heavy atom. The van der Waals surface area contributed by atoms with Crippen LogP contribution >= 0.6 is 0 Å². The molecule has 0 unspecified atom stereocenters. The van der Waals surface area contributed by atoms with Crippen LogP contribution < -0.4 is 4.90 Å². The molecule has 4 heterocycles. The first-order chi connectivity index (χ1) is 17.1. The average molecular weight is 497 g/mol. The summed E-state index contributed by atoms with van der Waals surface area (Å²) in [5.74, 6) is -0.629. The Morgan fingerprint density at radius 2 is 1.72 bits per heavy atom. The molecular weight excluding hydrogens is 465 g/mol. The molecule has 1 aliphatic carbocycles. The molecule has 1 saturated heterocycles. The van der Waals surface area contributed by atoms with Crippen LogP contribution in [-0.4, -0.2) is 49.2 Å². The van der Waals surface area contributed by atoms with E-state index in [1.54, 1.807) is 6.07 Å². The summed E-state index contributed by atoms with van der Waals surface area (Å²) in [6.45, 7) is 8.29. The molecule has 190 valence electrons. The zero-order valence-electron chi connectivity index (χ0n) is 20.9. The minimum Gasteiger partial charge on any atom is -0.354 e. The van der Waals surface area contributed by atoms with Gasteiger partial charge in [0, 0.05) is 49.6 Å². The number of piperidine rings is 1. The summed E-state index contributed by atoms with van der Waals surface area (Å²) in [5.41, 5.74) is 3.50. The molecule has 0 amide bonds. The number of aromatic nitrogens is 4. The van der Waals surface area contributed by atoms with Gasteiger partial charge >= 0.3 is 0 Å². The molecule has 36 heavy (non-hydrogen) atoms. The highest BCUT2D eigenvalue weighted by molar-refractivity contribution is 5.47. The zero-order chi connectivity index (χ0) is 25.2. The number of hydrogen-bond acceptors (Lipinski definition) is 5. The first-order valence-electron chi connectivity index (χ1n) is 12.7. The van der Waals surface area contributed by atoms with Crippen molar-refractivity contribution in [2.75, 3.05) is 18.0 Å². The average Bonchev–Trinajstić information content (AvgIpc) is 3.15. The second kappa shape index (κ2) is 8.30. The van der Waals surface area contributed by atoms with Crippen LogP contribution in [0.3, 0.4) is 0 Å². The van der Waals surface area contributed by atoms with Gasteiger partial charge < -0.3 is 4.90 Å². The number of rotatable bonds is 3. The van der Waals surface area contributed by atoms with Crippen LogP contribution in [0.25, 0.3) is 5.69 Å². The Bertz CT molecular complexity index is 1300. The van der Waals surface area contributed by atoms with E-state index in [1.165, 1.54) is 6.07 Å². The highest BCUT2D eigenvalue weighted by atomic mass is 19.3. The fourth-order valence-electron chi connectivity index (χ4n) is 6.22. The quantitative estimate of drug-likeness (QED) is 0.492. The van der Waals surface area contributed by atoms with Crippen molar-refractivity contribution in [1.82, 2.24) is 24.6 Å². The van der Waals surface area contributed by atoms with E-state index in [9.17, 15) is 13.2 Å². The Labute approximate surface area is 209 Å². The highest BCUT2D eigenvalue weighted by Crippen LogP contribution is 2.50. The maximum atomic E-state index is 14.4. The van der Waals surface area contributed by atoms with Gasteiger partial charge in [0.2, 0.25) is 0 Å². The summed E-state index contributed by atoms with van der Waals surface area (Å²) in [5, 5.41) is 9.21. The number of pyridine rings is 1. The van der Waals surface area contributed by atoms with Crippen LogP contribution in [0, 0.1) is 19.7 Å². The van der Waals surface area contributed by atoms with E-state index in [4.69, 9.17) is 0 Å². The number of fused-ring (bicyclic) bond motifs is 3. The molecule has 0 atom stereocenters. The largest absolute Gasteiger partial charge is 0.354 e. The van der Waals surface area contributed by atoms with Crippen molar-refractivity contribution >= 4 is 5.82 Å². The van der Waals surface area contributed by atoms with Crippen LogP contribution in [0.15, 0.2) is 30.3 Å². The lowest BCUT2D eigenvalue weighted by Gasteiger charge is -2.51. The molecule has 0 radical (unpaired) electrons. The van der Waals surface area contributed by atoms with Crippen LogP contribution in [0.5, 0.6) is 0 Å². The minimum atomic E-state index is -2.60. The lowest BCUT2D eigenvalue weighted by Crippen LogP contribution is -2.59. The van der Waals surface area contributed by atoms with Crippen molar-refractivity contribution in [2.24, 2.45) is 0 Å². The summed E-state index contributed by atoms with van der Waals surface area (Å²) >= 11 is 0. The number of anilines is 1. The monoisotopic (exact) mass is 496 g/mol. The molecule has 2 fully saturated rings. The Kier molecular flexibility index (Phi) is 5.41. The molecule has 1 saturated carbocycles. The second-order valence-corrected chi connectivity index (χ2v) is 11.0. The maximum Gasteiger partial charge on any atom is 0.251 e. The van der Waals surface area contributed by atoms with E-state index in [0.29, 0.717) is 32.0 Å². The van der Waals surface area contributed by atoms with E-state index in [0.717, 1.165) is 47.0 Å².